The van der Waals surface area contributed by atoms with Crippen molar-refractivity contribution in [2.24, 2.45) is 0 Å². The maximum atomic E-state index is 10.3. The molecule has 0 aromatic carbocycles. The summed E-state index contributed by atoms with van der Waals surface area (Å²) in [5.41, 5.74) is 0. The molecule has 3 nitrogen and oxygen atoms in total. The third kappa shape index (κ3) is 5.86. The van der Waals surface area contributed by atoms with Gasteiger partial charge in [0.05, 0.1) is 17.9 Å². The summed E-state index contributed by atoms with van der Waals surface area (Å²) >= 11 is 14.5. The van der Waals surface area contributed by atoms with Gasteiger partial charge in [-0.1, -0.05) is 6.72 Å². The molecule has 0 aromatic rings. The zero-order chi connectivity index (χ0) is 8.20. The van der Waals surface area contributed by atoms with Gasteiger partial charge < -0.3 is 14.3 Å². The van der Waals surface area contributed by atoms with Gasteiger partial charge >= 0.3 is 0 Å². The molecule has 0 unspecified atom stereocenters. The van der Waals surface area contributed by atoms with Crippen molar-refractivity contribution in [2.45, 2.75) is 6.10 Å². The van der Waals surface area contributed by atoms with Crippen LogP contribution in [-0.2, 0) is 16.3 Å². The Morgan fingerprint density at radius 1 is 1.40 bits per heavy atom. The fourth-order valence-corrected chi connectivity index (χ4v) is 1.79. The van der Waals surface area contributed by atoms with Gasteiger partial charge in [-0.25, -0.2) is 0 Å². The average molecular weight is 223 g/mol. The Morgan fingerprint density at radius 2 is 1.80 bits per heavy atom. The number of halogens is 2. The molecule has 0 aliphatic carbocycles. The first-order valence-corrected chi connectivity index (χ1v) is 5.94. The van der Waals surface area contributed by atoms with Crippen molar-refractivity contribution >= 4 is 41.7 Å². The highest BCUT2D eigenvalue weighted by molar-refractivity contribution is 8.05. The lowest BCUT2D eigenvalue weighted by Crippen LogP contribution is -2.24. The maximum absolute atomic E-state index is 10.3. The van der Waals surface area contributed by atoms with Crippen molar-refractivity contribution in [3.63, 3.8) is 0 Å². The molecule has 7 heteroatoms. The number of hydrogen-bond donors (Lipinski definition) is 0. The molecule has 0 rings (SSSR count). The predicted molar refractivity (Wildman–Crippen MR) is 40.6 cm³/mol. The molecule has 0 radical (unpaired) electrons. The summed E-state index contributed by atoms with van der Waals surface area (Å²) in [7, 11) is 0. The largest absolute Gasteiger partial charge is 0.812 e. The minimum absolute atomic E-state index is 0.0202. The molecule has 0 atom stereocenters. The SMILES string of the molecule is [O-]P([O-])(=S)OC(CCl)CCl. The second-order valence-corrected chi connectivity index (χ2v) is 4.55. The number of hydrogen-bond acceptors (Lipinski definition) is 4. The first-order chi connectivity index (χ1) is 4.49. The first kappa shape index (κ1) is 11.1. The molecule has 0 bridgehead atoms. The van der Waals surface area contributed by atoms with E-state index in [4.69, 9.17) is 23.2 Å². The van der Waals surface area contributed by atoms with Crippen molar-refractivity contribution in [2.75, 3.05) is 11.8 Å². The maximum Gasteiger partial charge on any atom is 0.0865 e. The van der Waals surface area contributed by atoms with E-state index in [2.05, 4.69) is 16.3 Å². The van der Waals surface area contributed by atoms with Crippen LogP contribution in [0.1, 0.15) is 0 Å². The number of alkyl halides is 2. The molecular formula is C3H5Cl2O3PS-2. The summed E-state index contributed by atoms with van der Waals surface area (Å²) in [6.07, 6.45) is -0.704. The Labute approximate surface area is 74.2 Å². The van der Waals surface area contributed by atoms with Crippen LogP contribution in [0.15, 0.2) is 0 Å². The van der Waals surface area contributed by atoms with Crippen LogP contribution in [-0.4, -0.2) is 17.9 Å². The van der Waals surface area contributed by atoms with Gasteiger partial charge in [-0.05, 0) is 0 Å². The second kappa shape index (κ2) is 4.88. The molecule has 0 saturated carbocycles. The Bertz CT molecular complexity index is 134. The predicted octanol–water partition coefficient (Wildman–Crippen LogP) is -0.206. The summed E-state index contributed by atoms with van der Waals surface area (Å²) < 4.78 is 4.29. The zero-order valence-corrected chi connectivity index (χ0v) is 8.05. The Hall–Kier alpha value is 1.11. The van der Waals surface area contributed by atoms with Gasteiger partial charge in [-0.3, -0.25) is 0 Å². The topological polar surface area (TPSA) is 55.3 Å². The Balaban J connectivity index is 3.75. The van der Waals surface area contributed by atoms with Gasteiger partial charge in [-0.2, -0.15) is 0 Å². The lowest BCUT2D eigenvalue weighted by molar-refractivity contribution is -0.323. The molecule has 10 heavy (non-hydrogen) atoms. The van der Waals surface area contributed by atoms with E-state index in [0.717, 1.165) is 0 Å². The van der Waals surface area contributed by atoms with Gasteiger partial charge in [0.1, 0.15) is 0 Å². The van der Waals surface area contributed by atoms with Crippen LogP contribution in [0.4, 0.5) is 0 Å². The smallest absolute Gasteiger partial charge is 0.0865 e. The van der Waals surface area contributed by atoms with Gasteiger partial charge in [0.2, 0.25) is 0 Å². The Kier molecular flexibility index (Phi) is 5.42. The van der Waals surface area contributed by atoms with Gasteiger partial charge in [0.25, 0.3) is 0 Å². The van der Waals surface area contributed by atoms with Crippen molar-refractivity contribution in [1.29, 1.82) is 0 Å². The monoisotopic (exact) mass is 222 g/mol. The fraction of sp³-hybridized carbons (Fsp3) is 1.00. The quantitative estimate of drug-likeness (QED) is 0.489. The third-order valence-corrected chi connectivity index (χ3v) is 2.13. The van der Waals surface area contributed by atoms with Crippen molar-refractivity contribution in [3.8, 4) is 0 Å². The van der Waals surface area contributed by atoms with E-state index >= 15 is 0 Å². The van der Waals surface area contributed by atoms with E-state index in [1.807, 2.05) is 0 Å². The highest BCUT2D eigenvalue weighted by atomic mass is 35.5. The third-order valence-electron chi connectivity index (χ3n) is 0.622. The number of rotatable bonds is 4. The van der Waals surface area contributed by atoms with Gasteiger partial charge in [0.15, 0.2) is 0 Å². The first-order valence-electron chi connectivity index (χ1n) is 2.32. The zero-order valence-electron chi connectivity index (χ0n) is 4.83. The van der Waals surface area contributed by atoms with E-state index < -0.39 is 12.8 Å². The molecule has 0 fully saturated rings. The van der Waals surface area contributed by atoms with Crippen molar-refractivity contribution < 1.29 is 14.3 Å². The van der Waals surface area contributed by atoms with Crippen LogP contribution in [0.25, 0.3) is 0 Å². The van der Waals surface area contributed by atoms with Gasteiger partial charge in [0, 0.05) is 0 Å². The van der Waals surface area contributed by atoms with E-state index in [9.17, 15) is 9.79 Å². The Morgan fingerprint density at radius 3 is 1.90 bits per heavy atom. The summed E-state index contributed by atoms with van der Waals surface area (Å²) in [5.74, 6) is 0.0404. The lowest BCUT2D eigenvalue weighted by Gasteiger charge is -2.36. The summed E-state index contributed by atoms with van der Waals surface area (Å²) in [6.45, 7) is -4.09. The standard InChI is InChI=1S/C3H7Cl2O3PS/c4-1-3(2-5)8-9(6,7)10/h3H,1-2H2,(H2,6,7,10)/p-2. The van der Waals surface area contributed by atoms with Crippen LogP contribution in [0.2, 0.25) is 0 Å². The molecule has 0 saturated heterocycles. The molecule has 0 aliphatic heterocycles. The average Bonchev–Trinajstić information content (AvgIpc) is 1.81. The molecule has 0 aromatic heterocycles. The molecule has 0 aliphatic rings. The highest BCUT2D eigenvalue weighted by Crippen LogP contribution is 2.28. The normalized spacial score (nSPS) is 12.5. The van der Waals surface area contributed by atoms with E-state index in [1.165, 1.54) is 0 Å². The van der Waals surface area contributed by atoms with Crippen LogP contribution in [0.3, 0.4) is 0 Å². The molecule has 0 N–H and O–H groups in total. The fourth-order valence-electron chi connectivity index (χ4n) is 0.280. The minimum atomic E-state index is -4.09. The van der Waals surface area contributed by atoms with Crippen LogP contribution >= 0.6 is 29.9 Å². The summed E-state index contributed by atoms with van der Waals surface area (Å²) in [4.78, 5) is 20.5. The van der Waals surface area contributed by atoms with Gasteiger partial charge in [-0.15, -0.1) is 35.0 Å². The lowest BCUT2D eigenvalue weighted by atomic mass is 10.5. The van der Waals surface area contributed by atoms with E-state index in [0.29, 0.717) is 0 Å². The molecule has 0 spiro atoms. The molecule has 0 amide bonds. The van der Waals surface area contributed by atoms with E-state index in [-0.39, 0.29) is 11.8 Å². The van der Waals surface area contributed by atoms with Crippen molar-refractivity contribution in [3.05, 3.63) is 0 Å². The van der Waals surface area contributed by atoms with Crippen LogP contribution in [0, 0.1) is 0 Å². The second-order valence-electron chi connectivity index (χ2n) is 1.48. The van der Waals surface area contributed by atoms with Crippen LogP contribution in [0.5, 0.6) is 0 Å². The molecule has 62 valence electrons. The molecular weight excluding hydrogens is 218 g/mol. The van der Waals surface area contributed by atoms with Crippen molar-refractivity contribution in [1.82, 2.24) is 0 Å². The molecule has 0 heterocycles. The highest BCUT2D eigenvalue weighted by Gasteiger charge is 2.04. The minimum Gasteiger partial charge on any atom is -0.812 e. The van der Waals surface area contributed by atoms with Crippen LogP contribution < -0.4 is 9.79 Å². The summed E-state index contributed by atoms with van der Waals surface area (Å²) in [5, 5.41) is 0. The van der Waals surface area contributed by atoms with E-state index in [1.54, 1.807) is 0 Å². The summed E-state index contributed by atoms with van der Waals surface area (Å²) in [6, 6.07) is 0.